The number of nitrogens with zero attached hydrogens (tertiary/aromatic N) is 3. The molecule has 5 heteroatoms. The summed E-state index contributed by atoms with van der Waals surface area (Å²) in [7, 11) is 0. The zero-order chi connectivity index (χ0) is 13.0. The van der Waals surface area contributed by atoms with Crippen LogP contribution in [0.2, 0.25) is 0 Å². The van der Waals surface area contributed by atoms with Gasteiger partial charge < -0.3 is 0 Å². The van der Waals surface area contributed by atoms with Crippen LogP contribution in [-0.2, 0) is 6.54 Å². The maximum absolute atomic E-state index is 10.9. The maximum Gasteiger partial charge on any atom is 0.273 e. The zero-order valence-electron chi connectivity index (χ0n) is 10.1. The Kier molecular flexibility index (Phi) is 3.90. The molecule has 94 valence electrons. The van der Waals surface area contributed by atoms with E-state index in [1.165, 1.54) is 6.07 Å². The van der Waals surface area contributed by atoms with Crippen molar-refractivity contribution in [3.05, 3.63) is 39.9 Å². The predicted molar refractivity (Wildman–Crippen MR) is 66.7 cm³/mol. The summed E-state index contributed by atoms with van der Waals surface area (Å²) in [5.74, 6) is 0.0570. The lowest BCUT2D eigenvalue weighted by Crippen LogP contribution is -2.34. The normalized spacial score (nSPS) is 20.3. The van der Waals surface area contributed by atoms with Gasteiger partial charge in [0.2, 0.25) is 0 Å². The van der Waals surface area contributed by atoms with Crippen LogP contribution in [0, 0.1) is 27.4 Å². The molecule has 0 aromatic heterocycles. The highest BCUT2D eigenvalue weighted by atomic mass is 16.6. The van der Waals surface area contributed by atoms with Crippen LogP contribution >= 0.6 is 0 Å². The molecule has 0 spiro atoms. The molecule has 0 saturated carbocycles. The number of nitro benzene ring substituents is 1. The standard InChI is InChI=1S/C13H15N3O2/c14-8-11-4-3-7-15(9-11)10-12-5-1-2-6-13(12)16(17)18/h1-2,5-6,11H,3-4,7,9-10H2. The zero-order valence-corrected chi connectivity index (χ0v) is 10.1. The molecule has 1 aliphatic heterocycles. The van der Waals surface area contributed by atoms with Crippen molar-refractivity contribution in [3.8, 4) is 6.07 Å². The van der Waals surface area contributed by atoms with E-state index in [0.29, 0.717) is 13.1 Å². The van der Waals surface area contributed by atoms with Crippen LogP contribution in [0.3, 0.4) is 0 Å². The second kappa shape index (κ2) is 5.61. The quantitative estimate of drug-likeness (QED) is 0.605. The number of hydrogen-bond donors (Lipinski definition) is 0. The van der Waals surface area contributed by atoms with Gasteiger partial charge in [0.25, 0.3) is 5.69 Å². The van der Waals surface area contributed by atoms with Crippen molar-refractivity contribution < 1.29 is 4.92 Å². The van der Waals surface area contributed by atoms with Crippen LogP contribution < -0.4 is 0 Å². The Bertz CT molecular complexity index is 481. The third-order valence-electron chi connectivity index (χ3n) is 3.27. The number of likely N-dealkylation sites (tertiary alicyclic amines) is 1. The van der Waals surface area contributed by atoms with Crippen molar-refractivity contribution in [1.82, 2.24) is 4.90 Å². The van der Waals surface area contributed by atoms with Crippen molar-refractivity contribution in [3.63, 3.8) is 0 Å². The van der Waals surface area contributed by atoms with Gasteiger partial charge in [0, 0.05) is 24.7 Å². The molecule has 1 heterocycles. The van der Waals surface area contributed by atoms with Crippen molar-refractivity contribution in [2.45, 2.75) is 19.4 Å². The van der Waals surface area contributed by atoms with E-state index in [2.05, 4.69) is 11.0 Å². The minimum atomic E-state index is -0.346. The second-order valence-corrected chi connectivity index (χ2v) is 4.59. The van der Waals surface area contributed by atoms with E-state index in [1.54, 1.807) is 12.1 Å². The molecule has 0 N–H and O–H groups in total. The molecule has 1 aromatic carbocycles. The van der Waals surface area contributed by atoms with E-state index in [4.69, 9.17) is 5.26 Å². The third kappa shape index (κ3) is 2.84. The highest BCUT2D eigenvalue weighted by molar-refractivity contribution is 5.39. The number of nitriles is 1. The first-order valence-electron chi connectivity index (χ1n) is 6.05. The summed E-state index contributed by atoms with van der Waals surface area (Å²) in [4.78, 5) is 12.7. The molecule has 0 amide bonds. The van der Waals surface area contributed by atoms with E-state index in [1.807, 2.05) is 6.07 Å². The Morgan fingerprint density at radius 2 is 2.28 bits per heavy atom. The Balaban J connectivity index is 2.10. The predicted octanol–water partition coefficient (Wildman–Crippen LogP) is 2.33. The van der Waals surface area contributed by atoms with Gasteiger partial charge in [-0.3, -0.25) is 15.0 Å². The first-order valence-corrected chi connectivity index (χ1v) is 6.05. The molecular weight excluding hydrogens is 230 g/mol. The van der Waals surface area contributed by atoms with Crippen LogP contribution in [0.4, 0.5) is 5.69 Å². The minimum Gasteiger partial charge on any atom is -0.298 e. The van der Waals surface area contributed by atoms with Gasteiger partial charge in [0.05, 0.1) is 16.9 Å². The fourth-order valence-electron chi connectivity index (χ4n) is 2.37. The lowest BCUT2D eigenvalue weighted by molar-refractivity contribution is -0.385. The van der Waals surface area contributed by atoms with Crippen LogP contribution in [0.15, 0.2) is 24.3 Å². The average Bonchev–Trinajstić information content (AvgIpc) is 2.39. The van der Waals surface area contributed by atoms with Crippen LogP contribution in [0.5, 0.6) is 0 Å². The Morgan fingerprint density at radius 1 is 1.50 bits per heavy atom. The summed E-state index contributed by atoms with van der Waals surface area (Å²) in [6.45, 7) is 2.17. The fourth-order valence-corrected chi connectivity index (χ4v) is 2.37. The molecule has 0 aliphatic carbocycles. The molecule has 1 fully saturated rings. The van der Waals surface area contributed by atoms with Gasteiger partial charge in [-0.05, 0) is 19.4 Å². The SMILES string of the molecule is N#CC1CCCN(Cc2ccccc2[N+](=O)[O-])C1. The monoisotopic (exact) mass is 245 g/mol. The van der Waals surface area contributed by atoms with E-state index < -0.39 is 0 Å². The molecule has 1 aromatic rings. The third-order valence-corrected chi connectivity index (χ3v) is 3.27. The van der Waals surface area contributed by atoms with Crippen molar-refractivity contribution >= 4 is 5.69 Å². The van der Waals surface area contributed by atoms with Gasteiger partial charge >= 0.3 is 0 Å². The Labute approximate surface area is 106 Å². The lowest BCUT2D eigenvalue weighted by atomic mass is 9.99. The molecular formula is C13H15N3O2. The van der Waals surface area contributed by atoms with Gasteiger partial charge in [0.15, 0.2) is 0 Å². The Morgan fingerprint density at radius 3 is 3.00 bits per heavy atom. The van der Waals surface area contributed by atoms with Gasteiger partial charge in [-0.2, -0.15) is 5.26 Å². The molecule has 0 radical (unpaired) electrons. The summed E-state index contributed by atoms with van der Waals surface area (Å²) in [6.07, 6.45) is 1.92. The average molecular weight is 245 g/mol. The second-order valence-electron chi connectivity index (χ2n) is 4.59. The maximum atomic E-state index is 10.9. The molecule has 1 aliphatic rings. The van der Waals surface area contributed by atoms with Gasteiger partial charge in [-0.1, -0.05) is 18.2 Å². The largest absolute Gasteiger partial charge is 0.298 e. The van der Waals surface area contributed by atoms with E-state index in [-0.39, 0.29) is 16.5 Å². The molecule has 5 nitrogen and oxygen atoms in total. The molecule has 1 saturated heterocycles. The lowest BCUT2D eigenvalue weighted by Gasteiger charge is -2.29. The smallest absolute Gasteiger partial charge is 0.273 e. The molecule has 1 atom stereocenters. The fraction of sp³-hybridized carbons (Fsp3) is 0.462. The van der Waals surface area contributed by atoms with E-state index in [9.17, 15) is 10.1 Å². The highest BCUT2D eigenvalue weighted by Gasteiger charge is 2.22. The number of benzene rings is 1. The first kappa shape index (κ1) is 12.5. The summed E-state index contributed by atoms with van der Waals surface area (Å²) in [5.41, 5.74) is 0.887. The summed E-state index contributed by atoms with van der Waals surface area (Å²) in [6, 6.07) is 9.09. The highest BCUT2D eigenvalue weighted by Crippen LogP contribution is 2.23. The molecule has 18 heavy (non-hydrogen) atoms. The number of nitro groups is 1. The number of rotatable bonds is 3. The molecule has 0 bridgehead atoms. The van der Waals surface area contributed by atoms with Gasteiger partial charge in [-0.15, -0.1) is 0 Å². The summed E-state index contributed by atoms with van der Waals surface area (Å²) < 4.78 is 0. The Hall–Kier alpha value is -1.93. The molecule has 1 unspecified atom stereocenters. The van der Waals surface area contributed by atoms with Crippen LogP contribution in [0.25, 0.3) is 0 Å². The summed E-state index contributed by atoms with van der Waals surface area (Å²) >= 11 is 0. The van der Waals surface area contributed by atoms with Crippen molar-refractivity contribution in [1.29, 1.82) is 5.26 Å². The van der Waals surface area contributed by atoms with E-state index in [0.717, 1.165) is 24.9 Å². The van der Waals surface area contributed by atoms with Crippen LogP contribution in [0.1, 0.15) is 18.4 Å². The van der Waals surface area contributed by atoms with E-state index >= 15 is 0 Å². The van der Waals surface area contributed by atoms with Crippen molar-refractivity contribution in [2.75, 3.05) is 13.1 Å². The van der Waals surface area contributed by atoms with Gasteiger partial charge in [-0.25, -0.2) is 0 Å². The first-order chi connectivity index (χ1) is 8.70. The topological polar surface area (TPSA) is 70.2 Å². The van der Waals surface area contributed by atoms with Gasteiger partial charge in [0.1, 0.15) is 0 Å². The number of hydrogen-bond acceptors (Lipinski definition) is 4. The van der Waals surface area contributed by atoms with Crippen LogP contribution in [-0.4, -0.2) is 22.9 Å². The van der Waals surface area contributed by atoms with Crippen molar-refractivity contribution in [2.24, 2.45) is 5.92 Å². The minimum absolute atomic E-state index is 0.0570. The summed E-state index contributed by atoms with van der Waals surface area (Å²) in [5, 5.41) is 19.9. The number of para-hydroxylation sites is 1. The molecule has 2 rings (SSSR count). The number of piperidine rings is 1.